The van der Waals surface area contributed by atoms with Crippen molar-refractivity contribution in [2.45, 2.75) is 0 Å². The van der Waals surface area contributed by atoms with Gasteiger partial charge in [0.25, 0.3) is 0 Å². The molecule has 0 N–H and O–H groups in total. The Kier molecular flexibility index (Phi) is 2.90. The molecular weight excluding hydrogens is 306 g/mol. The van der Waals surface area contributed by atoms with Gasteiger partial charge in [0.1, 0.15) is 0 Å². The number of hydrogen-bond donors (Lipinski definition) is 0. The van der Waals surface area contributed by atoms with E-state index in [2.05, 4.69) is 71.8 Å². The van der Waals surface area contributed by atoms with Crippen molar-refractivity contribution in [1.29, 1.82) is 0 Å². The van der Waals surface area contributed by atoms with E-state index in [-0.39, 0.29) is 12.4 Å². The number of rotatable bonds is 0. The van der Waals surface area contributed by atoms with E-state index in [1.165, 1.54) is 38.2 Å². The summed E-state index contributed by atoms with van der Waals surface area (Å²) in [6.07, 6.45) is 2.00. The lowest BCUT2D eigenvalue weighted by molar-refractivity contribution is 1.00. The molecule has 3 nitrogen and oxygen atoms in total. The lowest BCUT2D eigenvalue weighted by Gasteiger charge is -2.00. The molecule has 0 radical (unpaired) electrons. The second-order valence-corrected chi connectivity index (χ2v) is 5.87. The van der Waals surface area contributed by atoms with Gasteiger partial charge in [-0.1, -0.05) is 36.4 Å². The van der Waals surface area contributed by atoms with Gasteiger partial charge in [-0.25, -0.2) is 0 Å². The number of hydrogen-bond acceptors (Lipinski definition) is 1. The quantitative estimate of drug-likeness (QED) is 0.402. The molecule has 0 fully saturated rings. The van der Waals surface area contributed by atoms with Gasteiger partial charge in [0.05, 0.1) is 28.3 Å². The minimum Gasteiger partial charge on any atom is -0.342 e. The molecule has 2 aromatic carbocycles. The maximum absolute atomic E-state index is 4.77. The molecule has 5 rings (SSSR count). The van der Waals surface area contributed by atoms with Crippen molar-refractivity contribution in [2.24, 2.45) is 14.1 Å². The Morgan fingerprint density at radius 3 is 2.09 bits per heavy atom. The average molecular weight is 322 g/mol. The summed E-state index contributed by atoms with van der Waals surface area (Å²) in [6.45, 7) is 0. The zero-order valence-corrected chi connectivity index (χ0v) is 13.8. The van der Waals surface area contributed by atoms with Crippen LogP contribution in [0.5, 0.6) is 0 Å². The minimum atomic E-state index is 0. The second-order valence-electron chi connectivity index (χ2n) is 5.87. The maximum Gasteiger partial charge on any atom is 0.0967 e. The lowest BCUT2D eigenvalue weighted by atomic mass is 10.1. The molecule has 0 aliphatic rings. The van der Waals surface area contributed by atoms with E-state index in [0.717, 1.165) is 5.52 Å². The smallest absolute Gasteiger partial charge is 0.0967 e. The van der Waals surface area contributed by atoms with Gasteiger partial charge in [0, 0.05) is 35.8 Å². The van der Waals surface area contributed by atoms with E-state index in [4.69, 9.17) is 4.98 Å². The van der Waals surface area contributed by atoms with Crippen molar-refractivity contribution in [3.05, 3.63) is 54.7 Å². The van der Waals surface area contributed by atoms with Crippen molar-refractivity contribution in [2.75, 3.05) is 0 Å². The predicted octanol–water partition coefficient (Wildman–Crippen LogP) is 4.79. The van der Waals surface area contributed by atoms with Crippen molar-refractivity contribution >= 4 is 56.1 Å². The van der Waals surface area contributed by atoms with Gasteiger partial charge < -0.3 is 9.13 Å². The molecular formula is C19H16ClN3. The van der Waals surface area contributed by atoms with E-state index in [0.29, 0.717) is 0 Å². The Hall–Kier alpha value is -2.52. The van der Waals surface area contributed by atoms with Gasteiger partial charge in [-0.2, -0.15) is 0 Å². The third-order valence-electron chi connectivity index (χ3n) is 4.79. The van der Waals surface area contributed by atoms with E-state index >= 15 is 0 Å². The molecule has 5 aromatic rings. The normalized spacial score (nSPS) is 11.6. The molecule has 0 bridgehead atoms. The highest BCUT2D eigenvalue weighted by molar-refractivity contribution is 6.23. The summed E-state index contributed by atoms with van der Waals surface area (Å²) >= 11 is 0. The largest absolute Gasteiger partial charge is 0.342 e. The number of aryl methyl sites for hydroxylation is 2. The monoisotopic (exact) mass is 321 g/mol. The molecule has 0 aliphatic carbocycles. The van der Waals surface area contributed by atoms with Crippen LogP contribution in [-0.4, -0.2) is 14.1 Å². The highest BCUT2D eigenvalue weighted by atomic mass is 35.5. The minimum absolute atomic E-state index is 0. The number of benzene rings is 2. The molecule has 4 heteroatoms. The summed E-state index contributed by atoms with van der Waals surface area (Å²) in [5.74, 6) is 0. The summed E-state index contributed by atoms with van der Waals surface area (Å²) in [5, 5.41) is 3.80. The van der Waals surface area contributed by atoms with E-state index in [1.54, 1.807) is 0 Å². The van der Waals surface area contributed by atoms with E-state index in [9.17, 15) is 0 Å². The van der Waals surface area contributed by atoms with Crippen LogP contribution in [0.3, 0.4) is 0 Å². The van der Waals surface area contributed by atoms with Crippen molar-refractivity contribution < 1.29 is 0 Å². The lowest BCUT2D eigenvalue weighted by Crippen LogP contribution is -1.90. The molecule has 0 atom stereocenters. The first-order valence-electron chi connectivity index (χ1n) is 7.46. The summed E-state index contributed by atoms with van der Waals surface area (Å²) in [4.78, 5) is 4.77. The number of fused-ring (bicyclic) bond motifs is 7. The Morgan fingerprint density at radius 2 is 1.35 bits per heavy atom. The van der Waals surface area contributed by atoms with Crippen LogP contribution in [0, 0.1) is 0 Å². The number of halogens is 1. The third kappa shape index (κ3) is 1.63. The highest BCUT2D eigenvalue weighted by Crippen LogP contribution is 2.36. The topological polar surface area (TPSA) is 22.8 Å². The van der Waals surface area contributed by atoms with Gasteiger partial charge >= 0.3 is 0 Å². The molecule has 23 heavy (non-hydrogen) atoms. The zero-order chi connectivity index (χ0) is 14.8. The predicted molar refractivity (Wildman–Crippen MR) is 99.5 cm³/mol. The third-order valence-corrected chi connectivity index (χ3v) is 4.79. The number of pyridine rings is 1. The van der Waals surface area contributed by atoms with Crippen LogP contribution in [0.1, 0.15) is 0 Å². The average Bonchev–Trinajstić information content (AvgIpc) is 3.02. The highest BCUT2D eigenvalue weighted by Gasteiger charge is 2.16. The summed E-state index contributed by atoms with van der Waals surface area (Å²) in [7, 11) is 4.24. The van der Waals surface area contributed by atoms with Crippen LogP contribution in [0.25, 0.3) is 43.7 Å². The molecule has 3 aromatic heterocycles. The fourth-order valence-electron chi connectivity index (χ4n) is 3.73. The van der Waals surface area contributed by atoms with Gasteiger partial charge in [-0.05, 0) is 12.1 Å². The summed E-state index contributed by atoms with van der Waals surface area (Å²) in [6, 6.07) is 17.1. The number of aromatic nitrogens is 3. The number of nitrogens with zero attached hydrogens (tertiary/aromatic N) is 3. The first kappa shape index (κ1) is 14.1. The second kappa shape index (κ2) is 4.74. The number of para-hydroxylation sites is 2. The van der Waals surface area contributed by atoms with Gasteiger partial charge in [0.2, 0.25) is 0 Å². The first-order chi connectivity index (χ1) is 10.8. The van der Waals surface area contributed by atoms with E-state index < -0.39 is 0 Å². The molecule has 0 spiro atoms. The first-order valence-corrected chi connectivity index (χ1v) is 7.46. The van der Waals surface area contributed by atoms with Gasteiger partial charge in [-0.3, -0.25) is 4.98 Å². The van der Waals surface area contributed by atoms with Crippen LogP contribution in [0.15, 0.2) is 54.7 Å². The van der Waals surface area contributed by atoms with Gasteiger partial charge in [-0.15, -0.1) is 12.4 Å². The molecule has 0 aliphatic heterocycles. The summed E-state index contributed by atoms with van der Waals surface area (Å²) in [5.41, 5.74) is 5.96. The SMILES string of the molecule is Cl.Cn1c2ccccc2c2c1cnc1c3ccccc3n(C)c12. The molecule has 114 valence electrons. The Labute approximate surface area is 139 Å². The van der Waals surface area contributed by atoms with Gasteiger partial charge in [0.15, 0.2) is 0 Å². The fourth-order valence-corrected chi connectivity index (χ4v) is 3.73. The van der Waals surface area contributed by atoms with Crippen LogP contribution in [0.2, 0.25) is 0 Å². The molecule has 3 heterocycles. The van der Waals surface area contributed by atoms with Crippen LogP contribution in [0.4, 0.5) is 0 Å². The Morgan fingerprint density at radius 1 is 0.739 bits per heavy atom. The molecule has 0 unspecified atom stereocenters. The molecule has 0 saturated heterocycles. The van der Waals surface area contributed by atoms with Crippen LogP contribution >= 0.6 is 12.4 Å². The summed E-state index contributed by atoms with van der Waals surface area (Å²) < 4.78 is 4.50. The van der Waals surface area contributed by atoms with Crippen LogP contribution < -0.4 is 0 Å². The molecule has 0 saturated carbocycles. The van der Waals surface area contributed by atoms with Crippen LogP contribution in [-0.2, 0) is 14.1 Å². The Bertz CT molecular complexity index is 1200. The zero-order valence-electron chi connectivity index (χ0n) is 12.9. The Balaban J connectivity index is 0.00000135. The van der Waals surface area contributed by atoms with Crippen molar-refractivity contribution in [1.82, 2.24) is 14.1 Å². The molecule has 0 amide bonds. The standard InChI is InChI=1S/C19H15N3.ClH/c1-21-14-9-5-3-7-12(14)17-16(21)11-20-18-13-8-4-6-10-15(13)22(2)19(17)18;/h3-11H,1-2H3;1H. The van der Waals surface area contributed by atoms with E-state index in [1.807, 2.05) is 6.20 Å². The van der Waals surface area contributed by atoms with Crippen molar-refractivity contribution in [3.63, 3.8) is 0 Å². The van der Waals surface area contributed by atoms with Crippen molar-refractivity contribution in [3.8, 4) is 0 Å². The fraction of sp³-hybridized carbons (Fsp3) is 0.105. The maximum atomic E-state index is 4.77.